The molecule has 1 aliphatic carbocycles. The summed E-state index contributed by atoms with van der Waals surface area (Å²) >= 11 is 0. The monoisotopic (exact) mass is 278 g/mol. The van der Waals surface area contributed by atoms with Crippen LogP contribution in [0.2, 0.25) is 0 Å². The predicted molar refractivity (Wildman–Crippen MR) is 73.9 cm³/mol. The molecule has 1 aromatic rings. The normalized spacial score (nSPS) is 13.6. The quantitative estimate of drug-likeness (QED) is 0.712. The Morgan fingerprint density at radius 3 is 2.75 bits per heavy atom. The van der Waals surface area contributed by atoms with Crippen molar-refractivity contribution in [2.45, 2.75) is 19.3 Å². The number of carbonyl (C=O) groups excluding carboxylic acids is 1. The van der Waals surface area contributed by atoms with Gasteiger partial charge in [0, 0.05) is 6.54 Å². The lowest BCUT2D eigenvalue weighted by atomic mass is 10.3. The van der Waals surface area contributed by atoms with Crippen molar-refractivity contribution >= 4 is 17.7 Å². The first-order chi connectivity index (χ1) is 9.65. The molecule has 1 fully saturated rings. The lowest BCUT2D eigenvalue weighted by Gasteiger charge is -2.12. The lowest BCUT2D eigenvalue weighted by Crippen LogP contribution is -2.30. The van der Waals surface area contributed by atoms with E-state index < -0.39 is 12.0 Å². The van der Waals surface area contributed by atoms with E-state index in [9.17, 15) is 9.59 Å². The molecule has 0 saturated heterocycles. The van der Waals surface area contributed by atoms with Crippen LogP contribution < -0.4 is 15.4 Å². The van der Waals surface area contributed by atoms with Crippen LogP contribution >= 0.6 is 0 Å². The average molecular weight is 278 g/mol. The highest BCUT2D eigenvalue weighted by Gasteiger charge is 2.22. The Morgan fingerprint density at radius 1 is 1.30 bits per heavy atom. The lowest BCUT2D eigenvalue weighted by molar-refractivity contribution is -0.136. The largest absolute Gasteiger partial charge is 0.491 e. The number of para-hydroxylation sites is 2. The molecule has 6 nitrogen and oxygen atoms in total. The number of benzene rings is 1. The average Bonchev–Trinajstić information content (AvgIpc) is 3.21. The molecule has 0 unspecified atom stereocenters. The second kappa shape index (κ2) is 6.79. The van der Waals surface area contributed by atoms with Gasteiger partial charge in [0.1, 0.15) is 5.75 Å². The topological polar surface area (TPSA) is 87.7 Å². The number of carbonyl (C=O) groups is 2. The third-order valence-electron chi connectivity index (χ3n) is 2.93. The van der Waals surface area contributed by atoms with Crippen LogP contribution in [-0.4, -0.2) is 30.3 Å². The first kappa shape index (κ1) is 14.2. The summed E-state index contributed by atoms with van der Waals surface area (Å²) in [5, 5.41) is 13.6. The Labute approximate surface area is 117 Å². The van der Waals surface area contributed by atoms with Gasteiger partial charge in [-0.25, -0.2) is 4.79 Å². The summed E-state index contributed by atoms with van der Waals surface area (Å²) in [5.41, 5.74) is 0.584. The van der Waals surface area contributed by atoms with Gasteiger partial charge in [-0.2, -0.15) is 0 Å². The molecule has 108 valence electrons. The van der Waals surface area contributed by atoms with Gasteiger partial charge in [-0.1, -0.05) is 12.1 Å². The summed E-state index contributed by atoms with van der Waals surface area (Å²) in [7, 11) is 0. The summed E-state index contributed by atoms with van der Waals surface area (Å²) in [4.78, 5) is 22.0. The molecule has 0 radical (unpaired) electrons. The van der Waals surface area contributed by atoms with Crippen LogP contribution in [0.3, 0.4) is 0 Å². The fourth-order valence-corrected chi connectivity index (χ4v) is 1.64. The van der Waals surface area contributed by atoms with Gasteiger partial charge >= 0.3 is 12.0 Å². The third-order valence-corrected chi connectivity index (χ3v) is 2.93. The summed E-state index contributed by atoms with van der Waals surface area (Å²) in [6, 6.07) is 6.76. The molecule has 0 spiro atoms. The van der Waals surface area contributed by atoms with E-state index in [2.05, 4.69) is 10.6 Å². The maximum atomic E-state index is 11.6. The summed E-state index contributed by atoms with van der Waals surface area (Å²) in [6.45, 7) is 0.756. The molecular formula is C14H18N2O4. The van der Waals surface area contributed by atoms with Crippen LogP contribution in [0.1, 0.15) is 19.3 Å². The molecule has 6 heteroatoms. The van der Waals surface area contributed by atoms with Gasteiger partial charge in [-0.3, -0.25) is 4.79 Å². The highest BCUT2D eigenvalue weighted by Crippen LogP contribution is 2.31. The van der Waals surface area contributed by atoms with E-state index in [0.29, 0.717) is 24.0 Å². The Kier molecular flexibility index (Phi) is 4.81. The number of hydrogen-bond donors (Lipinski definition) is 3. The van der Waals surface area contributed by atoms with E-state index >= 15 is 0 Å². The van der Waals surface area contributed by atoms with Crippen molar-refractivity contribution in [1.82, 2.24) is 5.32 Å². The number of hydrogen-bond acceptors (Lipinski definition) is 3. The number of anilines is 1. The van der Waals surface area contributed by atoms with Crippen molar-refractivity contribution in [2.75, 3.05) is 18.5 Å². The van der Waals surface area contributed by atoms with Gasteiger partial charge in [-0.15, -0.1) is 0 Å². The number of nitrogens with one attached hydrogen (secondary N) is 2. The predicted octanol–water partition coefficient (Wildman–Crippen LogP) is 2.07. The smallest absolute Gasteiger partial charge is 0.319 e. The molecule has 2 amide bonds. The van der Waals surface area contributed by atoms with Gasteiger partial charge in [-0.05, 0) is 30.9 Å². The zero-order valence-corrected chi connectivity index (χ0v) is 11.1. The van der Waals surface area contributed by atoms with Crippen molar-refractivity contribution in [3.05, 3.63) is 24.3 Å². The zero-order valence-electron chi connectivity index (χ0n) is 11.1. The van der Waals surface area contributed by atoms with E-state index in [1.54, 1.807) is 18.2 Å². The SMILES string of the molecule is O=C(O)CCNC(=O)Nc1ccccc1OCC1CC1. The number of aliphatic carboxylic acids is 1. The first-order valence-corrected chi connectivity index (χ1v) is 6.63. The summed E-state index contributed by atoms with van der Waals surface area (Å²) < 4.78 is 5.67. The molecule has 0 heterocycles. The molecule has 0 aliphatic heterocycles. The number of carboxylic acids is 1. The van der Waals surface area contributed by atoms with E-state index in [1.165, 1.54) is 12.8 Å². The van der Waals surface area contributed by atoms with Gasteiger partial charge in [0.15, 0.2) is 0 Å². The van der Waals surface area contributed by atoms with Crippen molar-refractivity contribution in [3.63, 3.8) is 0 Å². The van der Waals surface area contributed by atoms with Crippen LogP contribution in [0.5, 0.6) is 5.75 Å². The molecule has 1 aromatic carbocycles. The van der Waals surface area contributed by atoms with Crippen LogP contribution in [-0.2, 0) is 4.79 Å². The Morgan fingerprint density at radius 2 is 2.05 bits per heavy atom. The van der Waals surface area contributed by atoms with Crippen molar-refractivity contribution in [2.24, 2.45) is 5.92 Å². The maximum Gasteiger partial charge on any atom is 0.319 e. The molecule has 0 aromatic heterocycles. The molecule has 20 heavy (non-hydrogen) atoms. The van der Waals surface area contributed by atoms with E-state index in [4.69, 9.17) is 9.84 Å². The van der Waals surface area contributed by atoms with E-state index in [0.717, 1.165) is 0 Å². The van der Waals surface area contributed by atoms with Crippen molar-refractivity contribution < 1.29 is 19.4 Å². The molecule has 3 N–H and O–H groups in total. The van der Waals surface area contributed by atoms with Crippen molar-refractivity contribution in [1.29, 1.82) is 0 Å². The molecule has 1 saturated carbocycles. The highest BCUT2D eigenvalue weighted by molar-refractivity contribution is 5.91. The molecule has 0 bridgehead atoms. The van der Waals surface area contributed by atoms with Crippen LogP contribution in [0.15, 0.2) is 24.3 Å². The van der Waals surface area contributed by atoms with E-state index in [1.807, 2.05) is 6.07 Å². The van der Waals surface area contributed by atoms with Crippen molar-refractivity contribution in [3.8, 4) is 5.75 Å². The Hall–Kier alpha value is -2.24. The minimum absolute atomic E-state index is 0.0895. The van der Waals surface area contributed by atoms with Gasteiger partial charge < -0.3 is 20.5 Å². The standard InChI is InChI=1S/C14H18N2O4/c17-13(18)7-8-15-14(19)16-11-3-1-2-4-12(11)20-9-10-5-6-10/h1-4,10H,5-9H2,(H,17,18)(H2,15,16,19). The first-order valence-electron chi connectivity index (χ1n) is 6.63. The third kappa shape index (κ3) is 4.79. The molecular weight excluding hydrogens is 260 g/mol. The molecule has 1 aliphatic rings. The minimum atomic E-state index is -0.946. The van der Waals surface area contributed by atoms with Gasteiger partial charge in [0.25, 0.3) is 0 Å². The Balaban J connectivity index is 1.83. The maximum absolute atomic E-state index is 11.6. The fraction of sp³-hybridized carbons (Fsp3) is 0.429. The van der Waals surface area contributed by atoms with Gasteiger partial charge in [0.05, 0.1) is 18.7 Å². The number of amides is 2. The molecule has 2 rings (SSSR count). The van der Waals surface area contributed by atoms with E-state index in [-0.39, 0.29) is 13.0 Å². The number of urea groups is 1. The number of ether oxygens (including phenoxy) is 1. The number of rotatable bonds is 7. The fourth-order valence-electron chi connectivity index (χ4n) is 1.64. The highest BCUT2D eigenvalue weighted by atomic mass is 16.5. The second-order valence-corrected chi connectivity index (χ2v) is 4.78. The zero-order chi connectivity index (χ0) is 14.4. The van der Waals surface area contributed by atoms with Crippen LogP contribution in [0.4, 0.5) is 10.5 Å². The van der Waals surface area contributed by atoms with Crippen LogP contribution in [0, 0.1) is 5.92 Å². The summed E-state index contributed by atoms with van der Waals surface area (Å²) in [6.07, 6.45) is 2.30. The van der Waals surface area contributed by atoms with Crippen LogP contribution in [0.25, 0.3) is 0 Å². The summed E-state index contributed by atoms with van der Waals surface area (Å²) in [5.74, 6) is 0.318. The van der Waals surface area contributed by atoms with Gasteiger partial charge in [0.2, 0.25) is 0 Å². The second-order valence-electron chi connectivity index (χ2n) is 4.78. The Bertz CT molecular complexity index is 486. The minimum Gasteiger partial charge on any atom is -0.491 e. The number of carboxylic acid groups (broad SMARTS) is 1. The molecule has 0 atom stereocenters.